The molecule has 7 nitrogen and oxygen atoms in total. The molecule has 3 fully saturated rings. The van der Waals surface area contributed by atoms with Gasteiger partial charge in [-0.3, -0.25) is 19.3 Å². The summed E-state index contributed by atoms with van der Waals surface area (Å²) in [7, 11) is 0. The number of hydrogen-bond acceptors (Lipinski definition) is 7. The summed E-state index contributed by atoms with van der Waals surface area (Å²) in [5, 5.41) is 0.998. The molecule has 4 aliphatic rings. The van der Waals surface area contributed by atoms with Crippen LogP contribution in [-0.2, 0) is 19.1 Å². The van der Waals surface area contributed by atoms with E-state index in [0.29, 0.717) is 0 Å². The smallest absolute Gasteiger partial charge is 0.329 e. The molecule has 1 aromatic heterocycles. The van der Waals surface area contributed by atoms with Gasteiger partial charge >= 0.3 is 10.8 Å². The summed E-state index contributed by atoms with van der Waals surface area (Å²) in [5.41, 5.74) is 3.38. The fraction of sp³-hybridized carbons (Fsp3) is 0.419. The Morgan fingerprint density at radius 3 is 2.25 bits per heavy atom. The molecule has 0 radical (unpaired) electrons. The highest BCUT2D eigenvalue weighted by molar-refractivity contribution is 8.00. The monoisotopic (exact) mass is 574 g/mol. The molecule has 7 rings (SSSR count). The van der Waals surface area contributed by atoms with Crippen LogP contribution in [0, 0.1) is 29.6 Å². The van der Waals surface area contributed by atoms with Crippen LogP contribution in [0.4, 0.5) is 0 Å². The molecule has 9 heteroatoms. The van der Waals surface area contributed by atoms with E-state index in [9.17, 15) is 19.2 Å². The number of carbonyl (C=O) groups is 3. The lowest BCUT2D eigenvalue weighted by atomic mass is 9.68. The Balaban J connectivity index is 1.25. The number of ether oxygens (including phenoxy) is 1. The largest absolute Gasteiger partial charge is 0.461 e. The predicted octanol–water partition coefficient (Wildman–Crippen LogP) is 4.92. The van der Waals surface area contributed by atoms with Gasteiger partial charge in [0.15, 0.2) is 0 Å². The zero-order valence-corrected chi connectivity index (χ0v) is 24.0. The molecule has 1 saturated heterocycles. The molecule has 8 unspecified atom stereocenters. The summed E-state index contributed by atoms with van der Waals surface area (Å²) >= 11 is 2.92. The van der Waals surface area contributed by atoms with Gasteiger partial charge in [-0.15, -0.1) is 11.8 Å². The molecule has 0 spiro atoms. The molecule has 2 aromatic carbocycles. The van der Waals surface area contributed by atoms with Crippen molar-refractivity contribution in [3.05, 3.63) is 74.7 Å². The van der Waals surface area contributed by atoms with Crippen LogP contribution in [0.5, 0.6) is 0 Å². The first kappa shape index (κ1) is 25.8. The number of rotatable bonds is 5. The minimum atomic E-state index is -0.943. The van der Waals surface area contributed by atoms with Crippen molar-refractivity contribution in [3.63, 3.8) is 0 Å². The molecule has 3 heterocycles. The number of likely N-dealkylation sites (tertiary alicyclic amines) is 1. The van der Waals surface area contributed by atoms with E-state index in [-0.39, 0.29) is 51.7 Å². The summed E-state index contributed by atoms with van der Waals surface area (Å²) in [6.07, 6.45) is 0.485. The van der Waals surface area contributed by atoms with Gasteiger partial charge in [0, 0.05) is 16.0 Å². The lowest BCUT2D eigenvalue weighted by Crippen LogP contribution is -2.45. The first-order chi connectivity index (χ1) is 19.2. The number of esters is 1. The Morgan fingerprint density at radius 1 is 0.925 bits per heavy atom. The number of aromatic amines is 1. The summed E-state index contributed by atoms with van der Waals surface area (Å²) in [6, 6.07) is 17.8. The minimum Gasteiger partial charge on any atom is -0.461 e. The molecular weight excluding hydrogens is 544 g/mol. The van der Waals surface area contributed by atoms with Crippen LogP contribution >= 0.6 is 23.1 Å². The van der Waals surface area contributed by atoms with Gasteiger partial charge in [0.25, 0.3) is 0 Å². The molecule has 2 bridgehead atoms. The fourth-order valence-corrected chi connectivity index (χ4v) is 10.6. The third kappa shape index (κ3) is 3.77. The van der Waals surface area contributed by atoms with E-state index in [0.717, 1.165) is 33.0 Å². The van der Waals surface area contributed by atoms with Crippen LogP contribution in [0.25, 0.3) is 11.1 Å². The molecule has 2 amide bonds. The number of fused-ring (bicyclic) bond motifs is 9. The molecule has 2 saturated carbocycles. The second kappa shape index (κ2) is 9.45. The van der Waals surface area contributed by atoms with Crippen LogP contribution < -0.4 is 4.87 Å². The maximum atomic E-state index is 13.8. The summed E-state index contributed by atoms with van der Waals surface area (Å²) in [6.45, 7) is 5.10. The van der Waals surface area contributed by atoms with E-state index >= 15 is 0 Å². The van der Waals surface area contributed by atoms with Crippen molar-refractivity contribution >= 4 is 40.9 Å². The lowest BCUT2D eigenvalue weighted by Gasteiger charge is -2.43. The Morgan fingerprint density at radius 2 is 1.57 bits per heavy atom. The van der Waals surface area contributed by atoms with E-state index in [1.165, 1.54) is 16.2 Å². The number of aromatic nitrogens is 1. The second-order valence-electron chi connectivity index (χ2n) is 11.7. The molecule has 206 valence electrons. The molecule has 2 aliphatic carbocycles. The van der Waals surface area contributed by atoms with Crippen molar-refractivity contribution in [2.24, 2.45) is 29.6 Å². The number of nitrogens with zero attached hydrogens (tertiary/aromatic N) is 1. The van der Waals surface area contributed by atoms with Crippen LogP contribution in [0.3, 0.4) is 0 Å². The van der Waals surface area contributed by atoms with Crippen molar-refractivity contribution < 1.29 is 19.1 Å². The number of thioether (sulfide) groups is 1. The number of H-pyrrole nitrogens is 1. The van der Waals surface area contributed by atoms with E-state index in [2.05, 4.69) is 41.4 Å². The first-order valence-electron chi connectivity index (χ1n) is 13.9. The minimum absolute atomic E-state index is 0.00595. The van der Waals surface area contributed by atoms with Crippen LogP contribution in [0.15, 0.2) is 64.4 Å². The number of benzene rings is 2. The summed E-state index contributed by atoms with van der Waals surface area (Å²) < 4.78 is 5.35. The summed E-state index contributed by atoms with van der Waals surface area (Å²) in [5.74, 6) is -1.79. The Bertz CT molecular complexity index is 1560. The van der Waals surface area contributed by atoms with Crippen molar-refractivity contribution in [3.8, 4) is 11.1 Å². The Hall–Kier alpha value is -3.17. The average Bonchev–Trinajstić information content (AvgIpc) is 3.67. The second-order valence-corrected chi connectivity index (χ2v) is 13.9. The zero-order valence-electron chi connectivity index (χ0n) is 22.4. The molecule has 3 aromatic rings. The van der Waals surface area contributed by atoms with Gasteiger partial charge in [0.05, 0.1) is 23.0 Å². The summed E-state index contributed by atoms with van der Waals surface area (Å²) in [4.78, 5) is 57.9. The highest BCUT2D eigenvalue weighted by Crippen LogP contribution is 2.68. The normalized spacial score (nSPS) is 30.8. The maximum Gasteiger partial charge on any atom is 0.329 e. The predicted molar refractivity (Wildman–Crippen MR) is 153 cm³/mol. The van der Waals surface area contributed by atoms with Gasteiger partial charge in [0.1, 0.15) is 6.04 Å². The van der Waals surface area contributed by atoms with Crippen LogP contribution in [0.1, 0.15) is 43.6 Å². The van der Waals surface area contributed by atoms with Crippen LogP contribution in [-0.4, -0.2) is 45.1 Å². The lowest BCUT2D eigenvalue weighted by molar-refractivity contribution is -0.161. The molecule has 1 N–H and O–H groups in total. The van der Waals surface area contributed by atoms with E-state index in [1.54, 1.807) is 32.5 Å². The van der Waals surface area contributed by atoms with E-state index in [4.69, 9.17) is 4.74 Å². The number of amides is 2. The number of carbonyl (C=O) groups excluding carboxylic acids is 3. The Kier molecular flexibility index (Phi) is 6.09. The molecule has 2 aliphatic heterocycles. The van der Waals surface area contributed by atoms with Crippen molar-refractivity contribution in [2.45, 2.75) is 55.5 Å². The van der Waals surface area contributed by atoms with Gasteiger partial charge in [-0.25, -0.2) is 4.79 Å². The van der Waals surface area contributed by atoms with Crippen molar-refractivity contribution in [1.29, 1.82) is 0 Å². The molecule has 8 atom stereocenters. The third-order valence-electron chi connectivity index (χ3n) is 9.22. The van der Waals surface area contributed by atoms with E-state index < -0.39 is 23.8 Å². The van der Waals surface area contributed by atoms with Gasteiger partial charge in [-0.05, 0) is 61.6 Å². The quantitative estimate of drug-likeness (QED) is 0.343. The number of thiazole rings is 1. The van der Waals surface area contributed by atoms with Crippen molar-refractivity contribution in [2.75, 3.05) is 0 Å². The first-order valence-corrected chi connectivity index (χ1v) is 15.6. The van der Waals surface area contributed by atoms with Gasteiger partial charge in [-0.2, -0.15) is 0 Å². The van der Waals surface area contributed by atoms with Crippen molar-refractivity contribution in [1.82, 2.24) is 9.88 Å². The fourth-order valence-electron chi connectivity index (χ4n) is 7.74. The van der Waals surface area contributed by atoms with Gasteiger partial charge < -0.3 is 9.72 Å². The Labute approximate surface area is 240 Å². The number of nitrogens with one attached hydrogen (secondary N) is 1. The SMILES string of the molecule is CC(C)OC(=O)C(C)N1C(=O)C2C3CC(C2C1=O)C1C(c2ccc(-c4ccccc4)cc2)c2sc(=O)[nH]c2SC31. The van der Waals surface area contributed by atoms with Crippen LogP contribution in [0.2, 0.25) is 0 Å². The third-order valence-corrected chi connectivity index (χ3v) is 11.8. The number of hydrogen-bond donors (Lipinski definition) is 1. The van der Waals surface area contributed by atoms with Gasteiger partial charge in [-0.1, -0.05) is 65.9 Å². The zero-order chi connectivity index (χ0) is 27.9. The standard InChI is InChI=1S/C31H30N2O5S2/c1-14(2)38-30(36)15(3)33-28(34)23-19-13-20(24(23)29(33)35)25-22(19)21(26-27(39-25)32-31(37)40-26)18-11-9-17(10-12-18)16-7-5-4-6-8-16/h4-12,14-15,19-25H,13H2,1-3H3,(H,32,37). The average molecular weight is 575 g/mol. The molecular formula is C31H30N2O5S2. The van der Waals surface area contributed by atoms with Gasteiger partial charge in [0.2, 0.25) is 11.8 Å². The highest BCUT2D eigenvalue weighted by atomic mass is 32.2. The maximum absolute atomic E-state index is 13.8. The molecule has 40 heavy (non-hydrogen) atoms. The topological polar surface area (TPSA) is 96.5 Å². The number of imide groups is 1. The highest BCUT2D eigenvalue weighted by Gasteiger charge is 2.70. The van der Waals surface area contributed by atoms with E-state index in [1.807, 2.05) is 18.2 Å².